The van der Waals surface area contributed by atoms with Crippen LogP contribution in [0.1, 0.15) is 15.9 Å². The second-order valence-electron chi connectivity index (χ2n) is 7.34. The third-order valence-corrected chi connectivity index (χ3v) is 7.64. The summed E-state index contributed by atoms with van der Waals surface area (Å²) in [6, 6.07) is 20.4. The van der Waals surface area contributed by atoms with Gasteiger partial charge in [0.15, 0.2) is 4.34 Å². The summed E-state index contributed by atoms with van der Waals surface area (Å²) in [5, 5.41) is 3.49. The van der Waals surface area contributed by atoms with Crippen LogP contribution in [0.25, 0.3) is 10.2 Å². The minimum Gasteiger partial charge on any atom is -0.322 e. The molecule has 0 unspecified atom stereocenters. The molecule has 32 heavy (non-hydrogen) atoms. The van der Waals surface area contributed by atoms with Crippen molar-refractivity contribution in [2.24, 2.45) is 0 Å². The highest BCUT2D eigenvalue weighted by Gasteiger charge is 2.24. The average Bonchev–Trinajstić information content (AvgIpc) is 3.41. The number of nitrogens with zero attached hydrogens (tertiary/aromatic N) is 2. The van der Waals surface area contributed by atoms with Gasteiger partial charge in [-0.05, 0) is 60.5 Å². The molecule has 4 aromatic rings. The van der Waals surface area contributed by atoms with Crippen LogP contribution in [-0.4, -0.2) is 29.1 Å². The van der Waals surface area contributed by atoms with Crippen LogP contribution >= 0.6 is 34.7 Å². The Balaban J connectivity index is 1.25. The number of nitrogens with one attached hydrogen (secondary N) is 1. The van der Waals surface area contributed by atoms with Crippen LogP contribution in [0, 0.1) is 0 Å². The number of amides is 2. The first-order valence-electron chi connectivity index (χ1n) is 10.1. The molecule has 5 rings (SSSR count). The molecule has 0 radical (unpaired) electrons. The van der Waals surface area contributed by atoms with E-state index in [-0.39, 0.29) is 11.8 Å². The number of halogens is 1. The zero-order valence-corrected chi connectivity index (χ0v) is 19.3. The zero-order valence-electron chi connectivity index (χ0n) is 16.9. The quantitative estimate of drug-likeness (QED) is 0.363. The summed E-state index contributed by atoms with van der Waals surface area (Å²) in [5.74, 6) is 0.237. The molecule has 1 aliphatic heterocycles. The molecule has 0 fully saturated rings. The van der Waals surface area contributed by atoms with Crippen molar-refractivity contribution >= 4 is 68.1 Å². The van der Waals surface area contributed by atoms with Crippen molar-refractivity contribution in [1.82, 2.24) is 4.98 Å². The van der Waals surface area contributed by atoms with E-state index in [9.17, 15) is 9.59 Å². The van der Waals surface area contributed by atoms with Crippen LogP contribution in [0.15, 0.2) is 71.1 Å². The Bertz CT molecular complexity index is 1320. The lowest BCUT2D eigenvalue weighted by Crippen LogP contribution is -2.30. The minimum atomic E-state index is -0.198. The van der Waals surface area contributed by atoms with E-state index in [4.69, 9.17) is 11.6 Å². The van der Waals surface area contributed by atoms with Gasteiger partial charge in [0.25, 0.3) is 5.91 Å². The molecule has 8 heteroatoms. The van der Waals surface area contributed by atoms with Gasteiger partial charge in [-0.1, -0.05) is 41.6 Å². The van der Waals surface area contributed by atoms with Crippen LogP contribution in [0.4, 0.5) is 11.4 Å². The summed E-state index contributed by atoms with van der Waals surface area (Å²) in [6.45, 7) is 0.731. The number of thioether (sulfide) groups is 1. The Kier molecular flexibility index (Phi) is 5.87. The van der Waals surface area contributed by atoms with Crippen LogP contribution in [-0.2, 0) is 11.2 Å². The summed E-state index contributed by atoms with van der Waals surface area (Å²) in [6.07, 6.45) is 0.901. The first-order valence-corrected chi connectivity index (χ1v) is 12.2. The molecule has 0 bridgehead atoms. The van der Waals surface area contributed by atoms with E-state index >= 15 is 0 Å². The predicted molar refractivity (Wildman–Crippen MR) is 132 cm³/mol. The predicted octanol–water partition coefficient (Wildman–Crippen LogP) is 5.88. The molecule has 0 atom stereocenters. The maximum Gasteiger partial charge on any atom is 0.255 e. The molecule has 2 heterocycles. The molecule has 0 aliphatic carbocycles. The van der Waals surface area contributed by atoms with Crippen molar-refractivity contribution in [3.8, 4) is 0 Å². The first-order chi connectivity index (χ1) is 15.6. The lowest BCUT2D eigenvalue weighted by molar-refractivity contribution is -0.116. The molecule has 0 spiro atoms. The topological polar surface area (TPSA) is 62.3 Å². The van der Waals surface area contributed by atoms with Crippen molar-refractivity contribution in [3.63, 3.8) is 0 Å². The molecule has 0 saturated heterocycles. The van der Waals surface area contributed by atoms with Gasteiger partial charge in [0.05, 0.1) is 16.0 Å². The number of anilines is 2. The number of hydrogen-bond acceptors (Lipinski definition) is 5. The van der Waals surface area contributed by atoms with Gasteiger partial charge in [-0.3, -0.25) is 9.59 Å². The number of carbonyl (C=O) groups is 2. The van der Waals surface area contributed by atoms with Gasteiger partial charge in [0.2, 0.25) is 5.91 Å². The molecule has 1 aromatic heterocycles. The summed E-state index contributed by atoms with van der Waals surface area (Å²) >= 11 is 8.85. The molecular formula is C24H18ClN3O2S2. The third-order valence-electron chi connectivity index (χ3n) is 5.24. The molecule has 1 aliphatic rings. The number of fused-ring (bicyclic) bond motifs is 2. The van der Waals surface area contributed by atoms with Crippen molar-refractivity contribution in [2.45, 2.75) is 10.8 Å². The lowest BCUT2D eigenvalue weighted by atomic mass is 10.2. The van der Waals surface area contributed by atoms with Gasteiger partial charge >= 0.3 is 0 Å². The average molecular weight is 480 g/mol. The second-order valence-corrected chi connectivity index (χ2v) is 10.0. The van der Waals surface area contributed by atoms with Crippen molar-refractivity contribution in [2.75, 3.05) is 22.5 Å². The minimum absolute atomic E-state index is 0.0927. The zero-order chi connectivity index (χ0) is 22.1. The number of rotatable bonds is 5. The molecule has 5 nitrogen and oxygen atoms in total. The Morgan fingerprint density at radius 2 is 1.91 bits per heavy atom. The molecule has 0 saturated carbocycles. The summed E-state index contributed by atoms with van der Waals surface area (Å²) in [7, 11) is 0. The molecule has 3 aromatic carbocycles. The van der Waals surface area contributed by atoms with E-state index in [1.165, 1.54) is 28.7 Å². The summed E-state index contributed by atoms with van der Waals surface area (Å²) in [4.78, 5) is 31.7. The smallest absolute Gasteiger partial charge is 0.255 e. The second kappa shape index (κ2) is 8.94. The number of thiazole rings is 1. The summed E-state index contributed by atoms with van der Waals surface area (Å²) in [5.41, 5.74) is 4.32. The monoisotopic (exact) mass is 479 g/mol. The largest absolute Gasteiger partial charge is 0.322 e. The number of para-hydroxylation sites is 1. The normalized spacial score (nSPS) is 12.7. The van der Waals surface area contributed by atoms with Crippen LogP contribution < -0.4 is 10.2 Å². The highest BCUT2D eigenvalue weighted by atomic mass is 35.5. The van der Waals surface area contributed by atoms with Crippen LogP contribution in [0.5, 0.6) is 0 Å². The fraction of sp³-hybridized carbons (Fsp3) is 0.125. The van der Waals surface area contributed by atoms with E-state index in [0.29, 0.717) is 22.0 Å². The fourth-order valence-corrected chi connectivity index (χ4v) is 5.76. The maximum absolute atomic E-state index is 12.8. The first kappa shape index (κ1) is 21.0. The number of aromatic nitrogens is 1. The van der Waals surface area contributed by atoms with Crippen LogP contribution in [0.3, 0.4) is 0 Å². The Morgan fingerprint density at radius 3 is 2.75 bits per heavy atom. The SMILES string of the molecule is O=C(Nc1ccc2nc(SCC(=O)N3CCc4ccccc43)sc2c1)c1ccc(Cl)cc1. The maximum atomic E-state index is 12.8. The van der Waals surface area contributed by atoms with Gasteiger partial charge in [0, 0.05) is 28.5 Å². The standard InChI is InChI=1S/C24H18ClN3O2S2/c25-17-7-5-16(6-8-17)23(30)26-18-9-10-19-21(13-18)32-24(27-19)31-14-22(29)28-12-11-15-3-1-2-4-20(15)28/h1-10,13H,11-12,14H2,(H,26,30). The molecule has 160 valence electrons. The van der Waals surface area contributed by atoms with Crippen molar-refractivity contribution < 1.29 is 9.59 Å². The number of hydrogen-bond donors (Lipinski definition) is 1. The van der Waals surface area contributed by atoms with E-state index < -0.39 is 0 Å². The number of carbonyl (C=O) groups excluding carboxylic acids is 2. The van der Waals surface area contributed by atoms with Gasteiger partial charge in [-0.2, -0.15) is 0 Å². The summed E-state index contributed by atoms with van der Waals surface area (Å²) < 4.78 is 1.79. The highest BCUT2D eigenvalue weighted by Crippen LogP contribution is 2.33. The Labute approximate surface area is 198 Å². The lowest BCUT2D eigenvalue weighted by Gasteiger charge is -2.16. The van der Waals surface area contributed by atoms with Crippen molar-refractivity contribution in [3.05, 3.63) is 82.9 Å². The Morgan fingerprint density at radius 1 is 1.09 bits per heavy atom. The molecule has 1 N–H and O–H groups in total. The van der Waals surface area contributed by atoms with Crippen LogP contribution in [0.2, 0.25) is 5.02 Å². The van der Waals surface area contributed by atoms with E-state index in [1.807, 2.05) is 41.3 Å². The molecule has 2 amide bonds. The van der Waals surface area contributed by atoms with Gasteiger partial charge in [-0.25, -0.2) is 4.98 Å². The van der Waals surface area contributed by atoms with Gasteiger partial charge in [0.1, 0.15) is 0 Å². The van der Waals surface area contributed by atoms with Gasteiger partial charge < -0.3 is 10.2 Å². The van der Waals surface area contributed by atoms with Gasteiger partial charge in [-0.15, -0.1) is 11.3 Å². The third kappa shape index (κ3) is 4.37. The van der Waals surface area contributed by atoms with E-state index in [1.54, 1.807) is 24.3 Å². The molecular weight excluding hydrogens is 462 g/mol. The van der Waals surface area contributed by atoms with E-state index in [2.05, 4.69) is 16.4 Å². The fourth-order valence-electron chi connectivity index (χ4n) is 3.65. The Hall–Kier alpha value is -2.87. The van der Waals surface area contributed by atoms with E-state index in [0.717, 1.165) is 33.2 Å². The highest BCUT2D eigenvalue weighted by molar-refractivity contribution is 8.01. The number of benzene rings is 3. The van der Waals surface area contributed by atoms with Crippen molar-refractivity contribution in [1.29, 1.82) is 0 Å².